The highest BCUT2D eigenvalue weighted by Crippen LogP contribution is 2.32. The van der Waals surface area contributed by atoms with Gasteiger partial charge in [0, 0.05) is 29.9 Å². The molecule has 0 bridgehead atoms. The third-order valence-corrected chi connectivity index (χ3v) is 4.29. The molecule has 0 saturated carbocycles. The van der Waals surface area contributed by atoms with E-state index >= 15 is 0 Å². The van der Waals surface area contributed by atoms with Crippen LogP contribution in [0.15, 0.2) is 39.9 Å². The van der Waals surface area contributed by atoms with Gasteiger partial charge in [0.2, 0.25) is 5.88 Å². The van der Waals surface area contributed by atoms with Gasteiger partial charge in [-0.2, -0.15) is 0 Å². The molecule has 25 heavy (non-hydrogen) atoms. The van der Waals surface area contributed by atoms with E-state index in [-0.39, 0.29) is 4.91 Å². The van der Waals surface area contributed by atoms with Crippen LogP contribution < -0.4 is 10.1 Å². The van der Waals surface area contributed by atoms with Crippen LogP contribution in [-0.4, -0.2) is 33.4 Å². The molecule has 0 aliphatic carbocycles. The minimum Gasteiger partial charge on any atom is -0.480 e. The van der Waals surface area contributed by atoms with Crippen LogP contribution in [0.3, 0.4) is 0 Å². The van der Waals surface area contributed by atoms with Crippen molar-refractivity contribution in [3.05, 3.63) is 41.3 Å². The molecule has 0 spiro atoms. The monoisotopic (exact) mass is 354 g/mol. The maximum atomic E-state index is 11.6. The Hall–Kier alpha value is -3.20. The molecule has 9 heteroatoms. The van der Waals surface area contributed by atoms with E-state index in [4.69, 9.17) is 9.15 Å². The SMILES string of the molecule is COc1ccc(-c2cncc3cc(/C=C4\SC(=O)NC4=O)oc23)nn1. The Morgan fingerprint density at radius 1 is 1.24 bits per heavy atom. The number of carbonyl (C=O) groups excluding carboxylic acids is 2. The van der Waals surface area contributed by atoms with Crippen molar-refractivity contribution < 1.29 is 18.7 Å². The fraction of sp³-hybridized carbons (Fsp3) is 0.0625. The molecule has 0 aromatic carbocycles. The van der Waals surface area contributed by atoms with Gasteiger partial charge in [0.25, 0.3) is 11.1 Å². The molecule has 1 aliphatic heterocycles. The molecule has 3 aromatic heterocycles. The van der Waals surface area contributed by atoms with Gasteiger partial charge in [0.15, 0.2) is 0 Å². The highest BCUT2D eigenvalue weighted by molar-refractivity contribution is 8.18. The topological polar surface area (TPSA) is 107 Å². The molecule has 2 amide bonds. The Labute approximate surface area is 145 Å². The average molecular weight is 354 g/mol. The van der Waals surface area contributed by atoms with Gasteiger partial charge < -0.3 is 9.15 Å². The maximum absolute atomic E-state index is 11.6. The zero-order valence-corrected chi connectivity index (χ0v) is 13.7. The van der Waals surface area contributed by atoms with Crippen molar-refractivity contribution in [3.8, 4) is 17.1 Å². The lowest BCUT2D eigenvalue weighted by Gasteiger charge is -2.01. The Kier molecular flexibility index (Phi) is 3.69. The van der Waals surface area contributed by atoms with Gasteiger partial charge in [-0.15, -0.1) is 10.2 Å². The molecule has 1 N–H and O–H groups in total. The molecule has 0 unspecified atom stereocenters. The molecule has 0 radical (unpaired) electrons. The van der Waals surface area contributed by atoms with Crippen molar-refractivity contribution >= 4 is 40.0 Å². The molecule has 4 heterocycles. The van der Waals surface area contributed by atoms with Crippen molar-refractivity contribution in [2.75, 3.05) is 7.11 Å². The van der Waals surface area contributed by atoms with Crippen molar-refractivity contribution in [3.63, 3.8) is 0 Å². The molecule has 8 nitrogen and oxygen atoms in total. The number of nitrogens with zero attached hydrogens (tertiary/aromatic N) is 3. The van der Waals surface area contributed by atoms with E-state index in [2.05, 4.69) is 20.5 Å². The average Bonchev–Trinajstić information content (AvgIpc) is 3.17. The van der Waals surface area contributed by atoms with E-state index in [9.17, 15) is 9.59 Å². The smallest absolute Gasteiger partial charge is 0.290 e. The zero-order valence-electron chi connectivity index (χ0n) is 12.8. The Morgan fingerprint density at radius 2 is 2.12 bits per heavy atom. The molecule has 1 saturated heterocycles. The predicted molar refractivity (Wildman–Crippen MR) is 90.7 cm³/mol. The standard InChI is InChI=1S/C16H10N4O4S/c1-23-13-3-2-11(19-20-13)10-7-17-6-8-4-9(24-14(8)10)5-12-15(21)18-16(22)25-12/h2-7H,1H3,(H,18,21,22)/b12-5-. The summed E-state index contributed by atoms with van der Waals surface area (Å²) in [5.41, 5.74) is 1.81. The van der Waals surface area contributed by atoms with Crippen LogP contribution >= 0.6 is 11.8 Å². The van der Waals surface area contributed by atoms with Crippen LogP contribution in [0, 0.1) is 0 Å². The number of furan rings is 1. The number of nitrogens with one attached hydrogen (secondary N) is 1. The van der Waals surface area contributed by atoms with Crippen molar-refractivity contribution in [2.45, 2.75) is 0 Å². The van der Waals surface area contributed by atoms with Gasteiger partial charge in [-0.1, -0.05) is 0 Å². The predicted octanol–water partition coefficient (Wildman–Crippen LogP) is 2.62. The maximum Gasteiger partial charge on any atom is 0.290 e. The number of carbonyl (C=O) groups is 2. The molecule has 4 rings (SSSR count). The van der Waals surface area contributed by atoms with E-state index in [1.807, 2.05) is 0 Å². The number of hydrogen-bond acceptors (Lipinski definition) is 8. The van der Waals surface area contributed by atoms with Crippen molar-refractivity contribution in [1.82, 2.24) is 20.5 Å². The second kappa shape index (κ2) is 6.02. The minimum atomic E-state index is -0.435. The fourth-order valence-electron chi connectivity index (χ4n) is 2.36. The number of pyridine rings is 1. The van der Waals surface area contributed by atoms with E-state index in [1.54, 1.807) is 30.6 Å². The largest absolute Gasteiger partial charge is 0.480 e. The molecule has 124 valence electrons. The normalized spacial score (nSPS) is 15.8. The summed E-state index contributed by atoms with van der Waals surface area (Å²) in [4.78, 5) is 27.4. The fourth-order valence-corrected chi connectivity index (χ4v) is 3.02. The number of hydrogen-bond donors (Lipinski definition) is 1. The second-order valence-electron chi connectivity index (χ2n) is 5.07. The number of aromatic nitrogens is 3. The summed E-state index contributed by atoms with van der Waals surface area (Å²) in [5, 5.41) is 10.6. The summed E-state index contributed by atoms with van der Waals surface area (Å²) in [6, 6.07) is 5.19. The van der Waals surface area contributed by atoms with Gasteiger partial charge >= 0.3 is 0 Å². The number of thioether (sulfide) groups is 1. The molecule has 3 aromatic rings. The highest BCUT2D eigenvalue weighted by Gasteiger charge is 2.25. The number of methoxy groups -OCH3 is 1. The molecular weight excluding hydrogens is 344 g/mol. The number of imide groups is 1. The quantitative estimate of drug-likeness (QED) is 0.715. The Balaban J connectivity index is 1.77. The van der Waals surface area contributed by atoms with Crippen LogP contribution in [0.25, 0.3) is 28.3 Å². The number of amides is 2. The Morgan fingerprint density at radius 3 is 2.80 bits per heavy atom. The summed E-state index contributed by atoms with van der Waals surface area (Å²) >= 11 is 0.833. The minimum absolute atomic E-state index is 0.280. The van der Waals surface area contributed by atoms with Crippen molar-refractivity contribution in [1.29, 1.82) is 0 Å². The summed E-state index contributed by atoms with van der Waals surface area (Å²) in [6.07, 6.45) is 4.79. The zero-order chi connectivity index (χ0) is 17.4. The van der Waals surface area contributed by atoms with Gasteiger partial charge in [0.1, 0.15) is 11.3 Å². The lowest BCUT2D eigenvalue weighted by Crippen LogP contribution is -2.17. The summed E-state index contributed by atoms with van der Waals surface area (Å²) < 4.78 is 10.8. The Bertz CT molecular complexity index is 1030. The third kappa shape index (κ3) is 2.85. The molecule has 0 atom stereocenters. The van der Waals surface area contributed by atoms with Gasteiger partial charge in [0.05, 0.1) is 23.3 Å². The van der Waals surface area contributed by atoms with Gasteiger partial charge in [-0.05, 0) is 23.9 Å². The van der Waals surface area contributed by atoms with E-state index < -0.39 is 11.1 Å². The lowest BCUT2D eigenvalue weighted by atomic mass is 10.1. The summed E-state index contributed by atoms with van der Waals surface area (Å²) in [5.74, 6) is 0.413. The van der Waals surface area contributed by atoms with Crippen LogP contribution in [0.5, 0.6) is 5.88 Å². The van der Waals surface area contributed by atoms with Gasteiger partial charge in [-0.3, -0.25) is 19.9 Å². The second-order valence-corrected chi connectivity index (χ2v) is 6.08. The highest BCUT2D eigenvalue weighted by atomic mass is 32.2. The van der Waals surface area contributed by atoms with Crippen LogP contribution in [-0.2, 0) is 4.79 Å². The molecular formula is C16H10N4O4S. The number of fused-ring (bicyclic) bond motifs is 1. The van der Waals surface area contributed by atoms with E-state index in [0.29, 0.717) is 28.5 Å². The first kappa shape index (κ1) is 15.3. The number of ether oxygens (including phenoxy) is 1. The molecule has 1 aliphatic rings. The molecule has 1 fully saturated rings. The first-order chi connectivity index (χ1) is 12.1. The van der Waals surface area contributed by atoms with Gasteiger partial charge in [-0.25, -0.2) is 0 Å². The lowest BCUT2D eigenvalue weighted by molar-refractivity contribution is -0.115. The first-order valence-corrected chi connectivity index (χ1v) is 7.96. The van der Waals surface area contributed by atoms with Crippen LogP contribution in [0.2, 0.25) is 0 Å². The third-order valence-electron chi connectivity index (χ3n) is 3.48. The van der Waals surface area contributed by atoms with Crippen LogP contribution in [0.4, 0.5) is 4.79 Å². The van der Waals surface area contributed by atoms with E-state index in [0.717, 1.165) is 17.1 Å². The summed E-state index contributed by atoms with van der Waals surface area (Å²) in [7, 11) is 1.51. The van der Waals surface area contributed by atoms with E-state index in [1.165, 1.54) is 13.2 Å². The first-order valence-electron chi connectivity index (χ1n) is 7.14. The number of rotatable bonds is 3. The summed E-state index contributed by atoms with van der Waals surface area (Å²) in [6.45, 7) is 0. The van der Waals surface area contributed by atoms with Crippen LogP contribution in [0.1, 0.15) is 5.76 Å². The van der Waals surface area contributed by atoms with Crippen molar-refractivity contribution in [2.24, 2.45) is 0 Å².